The molecule has 0 aliphatic rings. The van der Waals surface area contributed by atoms with Gasteiger partial charge in [0.1, 0.15) is 13.2 Å². The number of carbonyl (C=O) groups excluding carboxylic acids is 3. The predicted octanol–water partition coefficient (Wildman–Crippen LogP) is 15.9. The summed E-state index contributed by atoms with van der Waals surface area (Å²) in [6, 6.07) is 0. The first-order valence-corrected chi connectivity index (χ1v) is 24.9. The molecule has 0 aromatic rings. The van der Waals surface area contributed by atoms with Gasteiger partial charge >= 0.3 is 17.9 Å². The van der Waals surface area contributed by atoms with Crippen molar-refractivity contribution in [1.82, 2.24) is 0 Å². The van der Waals surface area contributed by atoms with Crippen molar-refractivity contribution in [2.75, 3.05) is 13.2 Å². The van der Waals surface area contributed by atoms with E-state index in [-0.39, 0.29) is 31.1 Å². The fraction of sp³-hybridized carbons (Fsp3) is 0.940. The van der Waals surface area contributed by atoms with Crippen molar-refractivity contribution in [3.05, 3.63) is 0 Å². The lowest BCUT2D eigenvalue weighted by molar-refractivity contribution is -0.167. The van der Waals surface area contributed by atoms with E-state index in [1.54, 1.807) is 0 Å². The third kappa shape index (κ3) is 43.5. The maximum Gasteiger partial charge on any atom is 0.306 e. The van der Waals surface area contributed by atoms with Crippen molar-refractivity contribution < 1.29 is 28.6 Å². The summed E-state index contributed by atoms with van der Waals surface area (Å²) in [5.41, 5.74) is 0. The van der Waals surface area contributed by atoms with E-state index in [1.807, 2.05) is 0 Å². The first kappa shape index (κ1) is 54.4. The number of hydrogen-bond acceptors (Lipinski definition) is 6. The molecule has 0 radical (unpaired) electrons. The van der Waals surface area contributed by atoms with Crippen LogP contribution >= 0.6 is 0 Å². The van der Waals surface area contributed by atoms with Crippen molar-refractivity contribution in [2.24, 2.45) is 5.92 Å². The Bertz CT molecular complexity index is 841. The van der Waals surface area contributed by atoms with Gasteiger partial charge in [0, 0.05) is 19.3 Å². The van der Waals surface area contributed by atoms with Crippen LogP contribution in [0.15, 0.2) is 0 Å². The van der Waals surface area contributed by atoms with Gasteiger partial charge in [0.2, 0.25) is 0 Å². The molecule has 0 bridgehead atoms. The molecule has 0 heterocycles. The van der Waals surface area contributed by atoms with Crippen LogP contribution in [0.2, 0.25) is 0 Å². The van der Waals surface area contributed by atoms with Gasteiger partial charge < -0.3 is 14.2 Å². The lowest BCUT2D eigenvalue weighted by Gasteiger charge is -2.18. The molecule has 332 valence electrons. The molecule has 0 unspecified atom stereocenters. The molecule has 0 N–H and O–H groups in total. The zero-order valence-electron chi connectivity index (χ0n) is 38.1. The van der Waals surface area contributed by atoms with Gasteiger partial charge in [0.25, 0.3) is 0 Å². The van der Waals surface area contributed by atoms with Crippen molar-refractivity contribution >= 4 is 17.9 Å². The number of ether oxygens (including phenoxy) is 3. The minimum atomic E-state index is -0.758. The minimum absolute atomic E-state index is 0.0636. The Kier molecular flexibility index (Phi) is 43.2. The largest absolute Gasteiger partial charge is 0.462 e. The minimum Gasteiger partial charge on any atom is -0.462 e. The Morgan fingerprint density at radius 3 is 0.875 bits per heavy atom. The molecule has 0 aliphatic heterocycles. The van der Waals surface area contributed by atoms with Crippen molar-refractivity contribution in [3.8, 4) is 0 Å². The number of carbonyl (C=O) groups is 3. The monoisotopic (exact) mass is 793 g/mol. The molecule has 1 atom stereocenters. The van der Waals surface area contributed by atoms with E-state index in [9.17, 15) is 14.4 Å². The third-order valence-electron chi connectivity index (χ3n) is 11.3. The number of hydrogen-bond donors (Lipinski definition) is 0. The lowest BCUT2D eigenvalue weighted by Crippen LogP contribution is -2.30. The molecule has 6 nitrogen and oxygen atoms in total. The van der Waals surface area contributed by atoms with E-state index in [0.29, 0.717) is 19.3 Å². The molecule has 0 saturated heterocycles. The van der Waals surface area contributed by atoms with E-state index in [1.165, 1.54) is 173 Å². The summed E-state index contributed by atoms with van der Waals surface area (Å²) in [7, 11) is 0. The predicted molar refractivity (Wildman–Crippen MR) is 238 cm³/mol. The maximum atomic E-state index is 12.6. The van der Waals surface area contributed by atoms with E-state index in [2.05, 4.69) is 27.7 Å². The number of rotatable bonds is 45. The fourth-order valence-electron chi connectivity index (χ4n) is 7.51. The van der Waals surface area contributed by atoms with Crippen LogP contribution in [0.25, 0.3) is 0 Å². The quantitative estimate of drug-likeness (QED) is 0.0347. The molecular formula is C50H96O6. The molecule has 56 heavy (non-hydrogen) atoms. The van der Waals surface area contributed by atoms with Crippen LogP contribution < -0.4 is 0 Å². The van der Waals surface area contributed by atoms with Crippen molar-refractivity contribution in [3.63, 3.8) is 0 Å². The van der Waals surface area contributed by atoms with E-state index in [4.69, 9.17) is 14.2 Å². The van der Waals surface area contributed by atoms with Gasteiger partial charge in [0.15, 0.2) is 6.10 Å². The summed E-state index contributed by atoms with van der Waals surface area (Å²) < 4.78 is 16.7. The molecule has 0 aromatic carbocycles. The van der Waals surface area contributed by atoms with Gasteiger partial charge in [-0.2, -0.15) is 0 Å². The summed E-state index contributed by atoms with van der Waals surface area (Å²) in [6.45, 7) is 8.99. The zero-order valence-corrected chi connectivity index (χ0v) is 38.1. The summed E-state index contributed by atoms with van der Waals surface area (Å²) in [4.78, 5) is 37.7. The second kappa shape index (κ2) is 44.5. The number of unbranched alkanes of at least 4 members (excludes halogenated alkanes) is 32. The normalized spacial score (nSPS) is 11.9. The Balaban J connectivity index is 4.14. The number of esters is 3. The fourth-order valence-corrected chi connectivity index (χ4v) is 7.51. The molecule has 0 saturated carbocycles. The molecule has 0 amide bonds. The van der Waals surface area contributed by atoms with Gasteiger partial charge in [0.05, 0.1) is 0 Å². The van der Waals surface area contributed by atoms with Crippen molar-refractivity contribution in [1.29, 1.82) is 0 Å². The van der Waals surface area contributed by atoms with Crippen LogP contribution in [0.5, 0.6) is 0 Å². The average molecular weight is 793 g/mol. The summed E-state index contributed by atoms with van der Waals surface area (Å²) in [5, 5.41) is 0. The third-order valence-corrected chi connectivity index (χ3v) is 11.3. The van der Waals surface area contributed by atoms with E-state index >= 15 is 0 Å². The van der Waals surface area contributed by atoms with Crippen LogP contribution in [0.1, 0.15) is 278 Å². The van der Waals surface area contributed by atoms with Gasteiger partial charge in [-0.25, -0.2) is 0 Å². The maximum absolute atomic E-state index is 12.6. The van der Waals surface area contributed by atoms with Gasteiger partial charge in [-0.15, -0.1) is 0 Å². The molecule has 0 rings (SSSR count). The molecule has 6 heteroatoms. The SMILES string of the molecule is CCCCCCCCCCCCCCC(=O)OC[C@@H](COC(=O)CCCCCCCCCCCCCCCCCCC(C)C)OC(=O)CCCCCCCCC. The summed E-state index contributed by atoms with van der Waals surface area (Å²) in [5.74, 6) is -0.00179. The molecule has 0 fully saturated rings. The standard InChI is InChI=1S/C50H96O6/c1-5-7-9-11-13-14-15-23-26-30-33-37-41-48(51)54-44-47(56-50(53)43-39-35-28-12-10-8-6-2)45-55-49(52)42-38-34-31-27-24-21-19-17-16-18-20-22-25-29-32-36-40-46(3)4/h46-47H,5-45H2,1-4H3/t47-/m0/s1. The van der Waals surface area contributed by atoms with Crippen LogP contribution in [0.4, 0.5) is 0 Å². The molecule has 0 aromatic heterocycles. The van der Waals surface area contributed by atoms with Crippen LogP contribution in [0.3, 0.4) is 0 Å². The lowest BCUT2D eigenvalue weighted by atomic mass is 10.0. The summed E-state index contributed by atoms with van der Waals surface area (Å²) >= 11 is 0. The topological polar surface area (TPSA) is 78.9 Å². The molecular weight excluding hydrogens is 697 g/mol. The highest BCUT2D eigenvalue weighted by molar-refractivity contribution is 5.71. The first-order chi connectivity index (χ1) is 27.4. The molecule has 0 aliphatic carbocycles. The van der Waals surface area contributed by atoms with Crippen LogP contribution in [-0.2, 0) is 28.6 Å². The summed E-state index contributed by atoms with van der Waals surface area (Å²) in [6.07, 6.45) is 45.3. The highest BCUT2D eigenvalue weighted by Gasteiger charge is 2.19. The van der Waals surface area contributed by atoms with Crippen LogP contribution in [0, 0.1) is 5.92 Å². The highest BCUT2D eigenvalue weighted by Crippen LogP contribution is 2.17. The Morgan fingerprint density at radius 2 is 0.589 bits per heavy atom. The Hall–Kier alpha value is -1.59. The smallest absolute Gasteiger partial charge is 0.306 e. The van der Waals surface area contributed by atoms with Gasteiger partial charge in [-0.1, -0.05) is 240 Å². The van der Waals surface area contributed by atoms with Gasteiger partial charge in [-0.05, 0) is 25.2 Å². The first-order valence-electron chi connectivity index (χ1n) is 24.9. The highest BCUT2D eigenvalue weighted by atomic mass is 16.6. The second-order valence-corrected chi connectivity index (χ2v) is 17.6. The van der Waals surface area contributed by atoms with Crippen molar-refractivity contribution in [2.45, 2.75) is 284 Å². The Morgan fingerprint density at radius 1 is 0.339 bits per heavy atom. The Labute approximate surface area is 348 Å². The van der Waals surface area contributed by atoms with Gasteiger partial charge in [-0.3, -0.25) is 14.4 Å². The average Bonchev–Trinajstić information content (AvgIpc) is 3.18. The second-order valence-electron chi connectivity index (χ2n) is 17.6. The zero-order chi connectivity index (χ0) is 41.0. The van der Waals surface area contributed by atoms with Crippen LogP contribution in [-0.4, -0.2) is 37.2 Å². The van der Waals surface area contributed by atoms with E-state index in [0.717, 1.165) is 63.7 Å². The molecule has 0 spiro atoms. The van der Waals surface area contributed by atoms with E-state index < -0.39 is 6.10 Å².